The van der Waals surface area contributed by atoms with E-state index in [2.05, 4.69) is 15.7 Å². The van der Waals surface area contributed by atoms with Crippen LogP contribution in [0.3, 0.4) is 0 Å². The highest BCUT2D eigenvalue weighted by atomic mass is 19.1. The van der Waals surface area contributed by atoms with E-state index in [1.807, 2.05) is 13.8 Å². The summed E-state index contributed by atoms with van der Waals surface area (Å²) in [5, 5.41) is 17.8. The number of carbonyl (C=O) groups is 2. The zero-order valence-corrected chi connectivity index (χ0v) is 12.2. The van der Waals surface area contributed by atoms with Crippen molar-refractivity contribution in [1.29, 1.82) is 0 Å². The molecule has 0 bridgehead atoms. The molecule has 2 rings (SSSR count). The smallest absolute Gasteiger partial charge is 0.314 e. The Bertz CT molecular complexity index is 564. The number of hydrogen-bond donors (Lipinski definition) is 3. The summed E-state index contributed by atoms with van der Waals surface area (Å²) < 4.78 is 14.0. The van der Waals surface area contributed by atoms with E-state index in [1.165, 1.54) is 7.05 Å². The molecule has 1 aliphatic rings. The summed E-state index contributed by atoms with van der Waals surface area (Å²) in [6, 6.07) is 1.02. The third-order valence-electron chi connectivity index (χ3n) is 4.25. The van der Waals surface area contributed by atoms with Crippen LogP contribution in [0.1, 0.15) is 20.3 Å². The molecule has 1 saturated carbocycles. The van der Waals surface area contributed by atoms with Gasteiger partial charge < -0.3 is 15.7 Å². The Morgan fingerprint density at radius 2 is 2.10 bits per heavy atom. The first-order chi connectivity index (χ1) is 9.71. The number of amides is 2. The monoisotopic (exact) mass is 298 g/mol. The summed E-state index contributed by atoms with van der Waals surface area (Å²) in [6.45, 7) is 4.16. The highest BCUT2D eigenvalue weighted by Gasteiger charge is 2.60. The van der Waals surface area contributed by atoms with Gasteiger partial charge in [0.15, 0.2) is 5.82 Å². The molecule has 1 unspecified atom stereocenters. The predicted octanol–water partition coefficient (Wildman–Crippen LogP) is 0.0225. The molecule has 8 heteroatoms. The molecular formula is C13H19FN4O3. The van der Waals surface area contributed by atoms with Crippen LogP contribution in [0, 0.1) is 16.8 Å². The van der Waals surface area contributed by atoms with Gasteiger partial charge in [-0.3, -0.25) is 9.59 Å². The van der Waals surface area contributed by atoms with E-state index in [4.69, 9.17) is 0 Å². The number of halogens is 1. The van der Waals surface area contributed by atoms with Crippen molar-refractivity contribution >= 4 is 17.6 Å². The van der Waals surface area contributed by atoms with Crippen LogP contribution in [-0.4, -0.2) is 39.9 Å². The molecule has 1 heterocycles. The van der Waals surface area contributed by atoms with E-state index in [-0.39, 0.29) is 29.8 Å². The van der Waals surface area contributed by atoms with E-state index in [0.29, 0.717) is 0 Å². The van der Waals surface area contributed by atoms with Crippen LogP contribution in [-0.2, 0) is 16.6 Å². The van der Waals surface area contributed by atoms with Crippen molar-refractivity contribution in [1.82, 2.24) is 15.1 Å². The second-order valence-corrected chi connectivity index (χ2v) is 6.11. The topological polar surface area (TPSA) is 96.2 Å². The number of aromatic nitrogens is 2. The van der Waals surface area contributed by atoms with Crippen molar-refractivity contribution in [3.63, 3.8) is 0 Å². The van der Waals surface area contributed by atoms with Crippen molar-refractivity contribution in [2.24, 2.45) is 17.9 Å². The van der Waals surface area contributed by atoms with Crippen molar-refractivity contribution in [3.05, 3.63) is 12.0 Å². The van der Waals surface area contributed by atoms with Gasteiger partial charge in [0.1, 0.15) is 0 Å². The van der Waals surface area contributed by atoms with Gasteiger partial charge >= 0.3 is 11.8 Å². The molecule has 0 spiro atoms. The predicted molar refractivity (Wildman–Crippen MR) is 72.7 cm³/mol. The molecule has 21 heavy (non-hydrogen) atoms. The quantitative estimate of drug-likeness (QED) is 0.683. The van der Waals surface area contributed by atoms with E-state index >= 15 is 0 Å². The lowest BCUT2D eigenvalue weighted by Gasteiger charge is -2.17. The summed E-state index contributed by atoms with van der Waals surface area (Å²) in [5.41, 5.74) is -0.435. The molecule has 116 valence electrons. The molecule has 1 aromatic rings. The lowest BCUT2D eigenvalue weighted by atomic mass is 9.97. The zero-order chi connectivity index (χ0) is 15.8. The minimum atomic E-state index is -0.917. The van der Waals surface area contributed by atoms with Crippen LogP contribution in [0.4, 0.5) is 10.2 Å². The first-order valence-corrected chi connectivity index (χ1v) is 6.60. The van der Waals surface area contributed by atoms with Gasteiger partial charge in [-0.1, -0.05) is 13.8 Å². The Balaban J connectivity index is 1.87. The van der Waals surface area contributed by atoms with Gasteiger partial charge in [0, 0.05) is 25.1 Å². The highest BCUT2D eigenvalue weighted by molar-refractivity contribution is 6.39. The van der Waals surface area contributed by atoms with Gasteiger partial charge in [-0.25, -0.2) is 4.68 Å². The normalized spacial score (nSPS) is 22.7. The molecule has 7 nitrogen and oxygen atoms in total. The van der Waals surface area contributed by atoms with Gasteiger partial charge in [-0.05, 0) is 11.8 Å². The first-order valence-electron chi connectivity index (χ1n) is 6.60. The van der Waals surface area contributed by atoms with E-state index in [1.54, 1.807) is 0 Å². The average Bonchev–Trinajstić information content (AvgIpc) is 2.82. The lowest BCUT2D eigenvalue weighted by Crippen LogP contribution is -2.40. The second kappa shape index (κ2) is 5.10. The lowest BCUT2D eigenvalue weighted by molar-refractivity contribution is -0.136. The van der Waals surface area contributed by atoms with Gasteiger partial charge in [-0.2, -0.15) is 9.49 Å². The van der Waals surface area contributed by atoms with Crippen molar-refractivity contribution in [2.75, 3.05) is 18.5 Å². The summed E-state index contributed by atoms with van der Waals surface area (Å²) in [7, 11) is 1.38. The molecule has 0 saturated heterocycles. The highest BCUT2D eigenvalue weighted by Crippen LogP contribution is 2.62. The largest absolute Gasteiger partial charge is 0.396 e. The van der Waals surface area contributed by atoms with Crippen LogP contribution in [0.2, 0.25) is 0 Å². The molecule has 1 aliphatic carbocycles. The third-order valence-corrected chi connectivity index (χ3v) is 4.25. The van der Waals surface area contributed by atoms with Gasteiger partial charge in [-0.15, -0.1) is 0 Å². The molecule has 3 N–H and O–H groups in total. The Morgan fingerprint density at radius 3 is 2.52 bits per heavy atom. The molecule has 1 aromatic heterocycles. The van der Waals surface area contributed by atoms with Crippen LogP contribution >= 0.6 is 0 Å². The number of aliphatic hydroxyl groups excluding tert-OH is 1. The fourth-order valence-corrected chi connectivity index (χ4v) is 2.44. The average molecular weight is 298 g/mol. The van der Waals surface area contributed by atoms with E-state index in [0.717, 1.165) is 17.2 Å². The van der Waals surface area contributed by atoms with Crippen LogP contribution in [0.25, 0.3) is 0 Å². The Hall–Kier alpha value is -1.96. The first kappa shape index (κ1) is 15.4. The second-order valence-electron chi connectivity index (χ2n) is 6.11. The minimum Gasteiger partial charge on any atom is -0.396 e. The minimum absolute atomic E-state index is 0.0289. The van der Waals surface area contributed by atoms with Crippen molar-refractivity contribution < 1.29 is 19.1 Å². The maximum atomic E-state index is 13.1. The summed E-state index contributed by atoms with van der Waals surface area (Å²) >= 11 is 0. The van der Waals surface area contributed by atoms with E-state index in [9.17, 15) is 19.1 Å². The molecule has 1 fully saturated rings. The maximum Gasteiger partial charge on any atom is 0.314 e. The standard InChI is InChI=1S/C13H19FN4O3/c1-12(2)5-13(12,7-19)6-15-10(20)11(21)16-9-4-8(14)18(3)17-9/h4,19H,5-7H2,1-3H3,(H,15,20)(H,16,17,21). The number of nitrogens with zero attached hydrogens (tertiary/aromatic N) is 2. The number of rotatable bonds is 4. The third kappa shape index (κ3) is 2.90. The van der Waals surface area contributed by atoms with Crippen LogP contribution < -0.4 is 10.6 Å². The fourth-order valence-electron chi connectivity index (χ4n) is 2.44. The maximum absolute atomic E-state index is 13.1. The molecule has 0 radical (unpaired) electrons. The zero-order valence-electron chi connectivity index (χ0n) is 12.2. The number of nitrogens with one attached hydrogen (secondary N) is 2. The summed E-state index contributed by atoms with van der Waals surface area (Å²) in [5.74, 6) is -2.40. The number of carbonyl (C=O) groups excluding carboxylic acids is 2. The SMILES string of the molecule is Cn1nc(NC(=O)C(=O)NCC2(CO)CC2(C)C)cc1F. The molecular weight excluding hydrogens is 279 g/mol. The van der Waals surface area contributed by atoms with Gasteiger partial charge in [0.25, 0.3) is 0 Å². The summed E-state index contributed by atoms with van der Waals surface area (Å²) in [4.78, 5) is 23.4. The van der Waals surface area contributed by atoms with Crippen molar-refractivity contribution in [3.8, 4) is 0 Å². The van der Waals surface area contributed by atoms with Gasteiger partial charge in [0.2, 0.25) is 5.95 Å². The Labute approximate surface area is 121 Å². The van der Waals surface area contributed by atoms with Crippen LogP contribution in [0.5, 0.6) is 0 Å². The van der Waals surface area contributed by atoms with Crippen molar-refractivity contribution in [2.45, 2.75) is 20.3 Å². The molecule has 1 atom stereocenters. The number of hydrogen-bond acceptors (Lipinski definition) is 4. The number of aryl methyl sites for hydroxylation is 1. The molecule has 0 aliphatic heterocycles. The van der Waals surface area contributed by atoms with Crippen LogP contribution in [0.15, 0.2) is 6.07 Å². The number of anilines is 1. The molecule has 0 aromatic carbocycles. The Morgan fingerprint density at radius 1 is 1.48 bits per heavy atom. The number of aliphatic hydroxyl groups is 1. The fraction of sp³-hybridized carbons (Fsp3) is 0.615. The Kier molecular flexibility index (Phi) is 3.75. The van der Waals surface area contributed by atoms with Gasteiger partial charge in [0.05, 0.1) is 6.61 Å². The summed E-state index contributed by atoms with van der Waals surface area (Å²) in [6.07, 6.45) is 0.782. The van der Waals surface area contributed by atoms with E-state index < -0.39 is 17.8 Å². The molecule has 2 amide bonds.